The molecule has 0 saturated heterocycles. The SMILES string of the molecule is COc1ccccc1NC(=O)C(=O)NC[C@@H](O)c1ccc2c(ccn2C)c1. The minimum Gasteiger partial charge on any atom is -0.495 e. The van der Waals surface area contributed by atoms with Gasteiger partial charge in [-0.2, -0.15) is 0 Å². The number of hydrogen-bond acceptors (Lipinski definition) is 4. The van der Waals surface area contributed by atoms with Crippen molar-refractivity contribution >= 4 is 28.4 Å². The van der Waals surface area contributed by atoms with Crippen LogP contribution in [0.3, 0.4) is 0 Å². The molecule has 0 unspecified atom stereocenters. The van der Waals surface area contributed by atoms with E-state index < -0.39 is 17.9 Å². The summed E-state index contributed by atoms with van der Waals surface area (Å²) in [5.74, 6) is -1.21. The number of aliphatic hydroxyl groups is 1. The van der Waals surface area contributed by atoms with E-state index in [-0.39, 0.29) is 6.54 Å². The summed E-state index contributed by atoms with van der Waals surface area (Å²) in [5.41, 5.74) is 2.11. The van der Waals surface area contributed by atoms with Crippen LogP contribution in [0.1, 0.15) is 11.7 Å². The van der Waals surface area contributed by atoms with E-state index in [1.807, 2.05) is 36.0 Å². The first-order chi connectivity index (χ1) is 13.0. The normalized spacial score (nSPS) is 11.8. The second-order valence-corrected chi connectivity index (χ2v) is 6.13. The van der Waals surface area contributed by atoms with Gasteiger partial charge in [-0.25, -0.2) is 0 Å². The monoisotopic (exact) mass is 367 g/mol. The van der Waals surface area contributed by atoms with Crippen LogP contribution in [-0.2, 0) is 16.6 Å². The van der Waals surface area contributed by atoms with Crippen LogP contribution in [0.2, 0.25) is 0 Å². The third-order valence-corrected chi connectivity index (χ3v) is 4.31. The topological polar surface area (TPSA) is 92.6 Å². The number of benzene rings is 2. The van der Waals surface area contributed by atoms with Gasteiger partial charge in [0.1, 0.15) is 5.75 Å². The minimum atomic E-state index is -0.919. The standard InChI is InChI=1S/C20H21N3O4/c1-23-10-9-13-11-14(7-8-16(13)23)17(24)12-21-19(25)20(26)22-15-5-3-4-6-18(15)27-2/h3-11,17,24H,12H2,1-2H3,(H,21,25)(H,22,26)/t17-/m1/s1. The molecule has 3 rings (SSSR count). The summed E-state index contributed by atoms with van der Waals surface area (Å²) in [5, 5.41) is 16.2. The fourth-order valence-electron chi connectivity index (χ4n) is 2.82. The van der Waals surface area contributed by atoms with Crippen molar-refractivity contribution in [2.45, 2.75) is 6.10 Å². The zero-order valence-electron chi connectivity index (χ0n) is 15.1. The van der Waals surface area contributed by atoms with E-state index >= 15 is 0 Å². The van der Waals surface area contributed by atoms with Gasteiger partial charge in [-0.15, -0.1) is 0 Å². The van der Waals surface area contributed by atoms with Crippen molar-refractivity contribution in [3.8, 4) is 5.75 Å². The molecule has 2 amide bonds. The quantitative estimate of drug-likeness (QED) is 0.601. The molecule has 0 aliphatic rings. The van der Waals surface area contributed by atoms with Gasteiger partial charge >= 0.3 is 11.8 Å². The Kier molecular flexibility index (Phi) is 5.42. The average Bonchev–Trinajstić information content (AvgIpc) is 3.06. The number of fused-ring (bicyclic) bond motifs is 1. The first-order valence-electron chi connectivity index (χ1n) is 8.45. The number of aromatic nitrogens is 1. The van der Waals surface area contributed by atoms with Crippen LogP contribution in [0, 0.1) is 0 Å². The van der Waals surface area contributed by atoms with Crippen molar-refractivity contribution in [2.75, 3.05) is 19.0 Å². The number of methoxy groups -OCH3 is 1. The molecule has 3 N–H and O–H groups in total. The number of nitrogens with one attached hydrogen (secondary N) is 2. The summed E-state index contributed by atoms with van der Waals surface area (Å²) in [6, 6.07) is 14.3. The Balaban J connectivity index is 1.59. The van der Waals surface area contributed by atoms with E-state index in [9.17, 15) is 14.7 Å². The van der Waals surface area contributed by atoms with Crippen molar-refractivity contribution in [1.82, 2.24) is 9.88 Å². The lowest BCUT2D eigenvalue weighted by Gasteiger charge is -2.13. The Bertz CT molecular complexity index is 980. The van der Waals surface area contributed by atoms with Crippen molar-refractivity contribution < 1.29 is 19.4 Å². The molecule has 0 bridgehead atoms. The minimum absolute atomic E-state index is 0.0729. The van der Waals surface area contributed by atoms with Gasteiger partial charge in [0.2, 0.25) is 0 Å². The van der Waals surface area contributed by atoms with E-state index in [2.05, 4.69) is 10.6 Å². The predicted molar refractivity (Wildman–Crippen MR) is 103 cm³/mol. The van der Waals surface area contributed by atoms with Crippen molar-refractivity contribution in [2.24, 2.45) is 7.05 Å². The number of anilines is 1. The number of amides is 2. The molecule has 2 aromatic carbocycles. The van der Waals surface area contributed by atoms with E-state index in [1.165, 1.54) is 7.11 Å². The first-order valence-corrected chi connectivity index (χ1v) is 8.45. The third kappa shape index (κ3) is 4.09. The zero-order valence-corrected chi connectivity index (χ0v) is 15.1. The van der Waals surface area contributed by atoms with Gasteiger partial charge in [0.25, 0.3) is 0 Å². The van der Waals surface area contributed by atoms with Gasteiger partial charge in [0, 0.05) is 25.3 Å². The summed E-state index contributed by atoms with van der Waals surface area (Å²) < 4.78 is 7.11. The van der Waals surface area contributed by atoms with E-state index in [4.69, 9.17) is 4.74 Å². The lowest BCUT2D eigenvalue weighted by molar-refractivity contribution is -0.136. The van der Waals surface area contributed by atoms with E-state index in [1.54, 1.807) is 30.3 Å². The second kappa shape index (κ2) is 7.92. The smallest absolute Gasteiger partial charge is 0.313 e. The molecular weight excluding hydrogens is 346 g/mol. The van der Waals surface area contributed by atoms with Gasteiger partial charge in [0.05, 0.1) is 18.9 Å². The Morgan fingerprint density at radius 3 is 2.70 bits per heavy atom. The van der Waals surface area contributed by atoms with Gasteiger partial charge in [0.15, 0.2) is 0 Å². The van der Waals surface area contributed by atoms with Crippen LogP contribution < -0.4 is 15.4 Å². The van der Waals surface area contributed by atoms with E-state index in [0.29, 0.717) is 17.0 Å². The van der Waals surface area contributed by atoms with Crippen LogP contribution in [0.4, 0.5) is 5.69 Å². The molecule has 1 atom stereocenters. The number of ether oxygens (including phenoxy) is 1. The van der Waals surface area contributed by atoms with Crippen LogP contribution in [0.25, 0.3) is 10.9 Å². The van der Waals surface area contributed by atoms with Crippen molar-refractivity contribution in [1.29, 1.82) is 0 Å². The highest BCUT2D eigenvalue weighted by molar-refractivity contribution is 6.39. The van der Waals surface area contributed by atoms with Gasteiger partial charge < -0.3 is 25.0 Å². The van der Waals surface area contributed by atoms with Gasteiger partial charge in [-0.3, -0.25) is 9.59 Å². The predicted octanol–water partition coefficient (Wildman–Crippen LogP) is 1.98. The maximum atomic E-state index is 12.0. The number of nitrogens with zero attached hydrogens (tertiary/aromatic N) is 1. The average molecular weight is 367 g/mol. The Hall–Kier alpha value is -3.32. The molecule has 1 aromatic heterocycles. The van der Waals surface area contributed by atoms with Crippen LogP contribution in [0.5, 0.6) is 5.75 Å². The Morgan fingerprint density at radius 1 is 1.15 bits per heavy atom. The molecule has 3 aromatic rings. The molecule has 0 aliphatic carbocycles. The number of carbonyl (C=O) groups excluding carboxylic acids is 2. The molecule has 0 spiro atoms. The second-order valence-electron chi connectivity index (χ2n) is 6.13. The van der Waals surface area contributed by atoms with Gasteiger partial charge in [-0.1, -0.05) is 18.2 Å². The van der Waals surface area contributed by atoms with Crippen molar-refractivity contribution in [3.05, 3.63) is 60.3 Å². The molecule has 0 aliphatic heterocycles. The summed E-state index contributed by atoms with van der Waals surface area (Å²) >= 11 is 0. The van der Waals surface area contributed by atoms with Crippen LogP contribution >= 0.6 is 0 Å². The molecule has 0 radical (unpaired) electrons. The summed E-state index contributed by atoms with van der Waals surface area (Å²) in [4.78, 5) is 24.1. The molecule has 7 nitrogen and oxygen atoms in total. The highest BCUT2D eigenvalue weighted by Crippen LogP contribution is 2.23. The largest absolute Gasteiger partial charge is 0.495 e. The number of aliphatic hydroxyl groups excluding tert-OH is 1. The fourth-order valence-corrected chi connectivity index (χ4v) is 2.82. The van der Waals surface area contributed by atoms with Crippen LogP contribution in [0.15, 0.2) is 54.7 Å². The maximum absolute atomic E-state index is 12.0. The summed E-state index contributed by atoms with van der Waals surface area (Å²) in [6.07, 6.45) is 1.02. The Labute approximate surface area is 156 Å². The molecule has 0 saturated carbocycles. The molecular formula is C20H21N3O4. The van der Waals surface area contributed by atoms with E-state index in [0.717, 1.165) is 10.9 Å². The maximum Gasteiger partial charge on any atom is 0.313 e. The summed E-state index contributed by atoms with van der Waals surface area (Å²) in [6.45, 7) is -0.0729. The number of aryl methyl sites for hydroxylation is 1. The first kappa shape index (κ1) is 18.5. The molecule has 7 heteroatoms. The molecule has 1 heterocycles. The molecule has 0 fully saturated rings. The number of hydrogen-bond donors (Lipinski definition) is 3. The number of rotatable bonds is 5. The lowest BCUT2D eigenvalue weighted by atomic mass is 10.1. The number of para-hydroxylation sites is 2. The Morgan fingerprint density at radius 2 is 1.93 bits per heavy atom. The fraction of sp³-hybridized carbons (Fsp3) is 0.200. The molecule has 140 valence electrons. The summed E-state index contributed by atoms with van der Waals surface area (Å²) in [7, 11) is 3.42. The highest BCUT2D eigenvalue weighted by atomic mass is 16.5. The zero-order chi connectivity index (χ0) is 19.4. The molecule has 27 heavy (non-hydrogen) atoms. The van der Waals surface area contributed by atoms with Crippen molar-refractivity contribution in [3.63, 3.8) is 0 Å². The van der Waals surface area contributed by atoms with Gasteiger partial charge in [-0.05, 0) is 41.3 Å². The lowest BCUT2D eigenvalue weighted by Crippen LogP contribution is -2.37. The highest BCUT2D eigenvalue weighted by Gasteiger charge is 2.17. The number of carbonyl (C=O) groups is 2. The van der Waals surface area contributed by atoms with Crippen LogP contribution in [-0.4, -0.2) is 35.1 Å². The third-order valence-electron chi connectivity index (χ3n) is 4.31.